The van der Waals surface area contributed by atoms with Crippen molar-refractivity contribution in [2.24, 2.45) is 11.7 Å². The summed E-state index contributed by atoms with van der Waals surface area (Å²) >= 11 is 0. The third-order valence-electron chi connectivity index (χ3n) is 2.22. The van der Waals surface area contributed by atoms with Gasteiger partial charge in [0.05, 0.1) is 19.8 Å². The predicted octanol–water partition coefficient (Wildman–Crippen LogP) is 1.41. The van der Waals surface area contributed by atoms with E-state index in [1.54, 1.807) is 7.11 Å². The van der Waals surface area contributed by atoms with E-state index in [4.69, 9.17) is 15.2 Å². The maximum absolute atomic E-state index is 5.92. The molecule has 13 heavy (non-hydrogen) atoms. The van der Waals surface area contributed by atoms with Crippen LogP contribution in [0.4, 0.5) is 0 Å². The summed E-state index contributed by atoms with van der Waals surface area (Å²) in [5.41, 5.74) is 5.92. The monoisotopic (exact) mass is 189 g/mol. The van der Waals surface area contributed by atoms with Crippen LogP contribution in [0.25, 0.3) is 0 Å². The number of ether oxygens (including phenoxy) is 2. The third-order valence-corrected chi connectivity index (χ3v) is 2.22. The Morgan fingerprint density at radius 2 is 2.00 bits per heavy atom. The minimum atomic E-state index is 0.164. The number of methoxy groups -OCH3 is 1. The summed E-state index contributed by atoms with van der Waals surface area (Å²) in [4.78, 5) is 0. The molecular formula is C10H23NO2. The van der Waals surface area contributed by atoms with Gasteiger partial charge in [0.1, 0.15) is 0 Å². The second-order valence-electron chi connectivity index (χ2n) is 3.50. The van der Waals surface area contributed by atoms with Gasteiger partial charge in [-0.25, -0.2) is 0 Å². The molecule has 0 spiro atoms. The molecule has 0 rings (SSSR count). The minimum absolute atomic E-state index is 0.164. The molecule has 0 fully saturated rings. The van der Waals surface area contributed by atoms with Gasteiger partial charge in [-0.3, -0.25) is 0 Å². The Morgan fingerprint density at radius 1 is 1.31 bits per heavy atom. The smallest absolute Gasteiger partial charge is 0.0701 e. The molecule has 0 aliphatic carbocycles. The van der Waals surface area contributed by atoms with Crippen LogP contribution in [-0.2, 0) is 9.47 Å². The molecule has 0 saturated carbocycles. The lowest BCUT2D eigenvalue weighted by atomic mass is 9.98. The average Bonchev–Trinajstić information content (AvgIpc) is 2.12. The molecule has 0 aromatic carbocycles. The van der Waals surface area contributed by atoms with Gasteiger partial charge in [-0.05, 0) is 12.3 Å². The molecule has 0 aromatic rings. The molecule has 2 unspecified atom stereocenters. The highest BCUT2D eigenvalue weighted by molar-refractivity contribution is 4.67. The molecule has 0 aliphatic rings. The van der Waals surface area contributed by atoms with E-state index in [1.807, 2.05) is 0 Å². The fourth-order valence-electron chi connectivity index (χ4n) is 1.20. The van der Waals surface area contributed by atoms with Crippen molar-refractivity contribution < 1.29 is 9.47 Å². The van der Waals surface area contributed by atoms with Gasteiger partial charge in [0.25, 0.3) is 0 Å². The molecule has 0 saturated heterocycles. The maximum atomic E-state index is 5.92. The Morgan fingerprint density at radius 3 is 2.54 bits per heavy atom. The van der Waals surface area contributed by atoms with Crippen molar-refractivity contribution in [2.75, 3.05) is 26.9 Å². The number of hydrogen-bond donors (Lipinski definition) is 1. The third kappa shape index (κ3) is 6.99. The summed E-state index contributed by atoms with van der Waals surface area (Å²) in [6.07, 6.45) is 2.36. The molecular weight excluding hydrogens is 166 g/mol. The van der Waals surface area contributed by atoms with Gasteiger partial charge in [0.2, 0.25) is 0 Å². The van der Waals surface area contributed by atoms with Crippen LogP contribution in [0.1, 0.15) is 26.7 Å². The van der Waals surface area contributed by atoms with Crippen molar-refractivity contribution in [3.05, 3.63) is 0 Å². The largest absolute Gasteiger partial charge is 0.382 e. The van der Waals surface area contributed by atoms with E-state index in [0.717, 1.165) is 0 Å². The molecule has 0 aromatic heterocycles. The first kappa shape index (κ1) is 12.9. The molecule has 0 aliphatic heterocycles. The summed E-state index contributed by atoms with van der Waals surface area (Å²) < 4.78 is 10.2. The van der Waals surface area contributed by atoms with Gasteiger partial charge in [0.15, 0.2) is 0 Å². The first-order valence-electron chi connectivity index (χ1n) is 5.04. The summed E-state index contributed by atoms with van der Waals surface area (Å²) in [6.45, 7) is 6.28. The highest BCUT2D eigenvalue weighted by Gasteiger charge is 2.11. The van der Waals surface area contributed by atoms with Crippen LogP contribution in [-0.4, -0.2) is 33.0 Å². The van der Waals surface area contributed by atoms with Crippen molar-refractivity contribution in [1.82, 2.24) is 0 Å². The van der Waals surface area contributed by atoms with Crippen molar-refractivity contribution in [3.8, 4) is 0 Å². The van der Waals surface area contributed by atoms with E-state index in [-0.39, 0.29) is 6.04 Å². The Bertz CT molecular complexity index is 109. The van der Waals surface area contributed by atoms with Crippen LogP contribution in [0.2, 0.25) is 0 Å². The topological polar surface area (TPSA) is 44.5 Å². The maximum Gasteiger partial charge on any atom is 0.0701 e. The zero-order valence-electron chi connectivity index (χ0n) is 9.08. The van der Waals surface area contributed by atoms with Gasteiger partial charge < -0.3 is 15.2 Å². The van der Waals surface area contributed by atoms with E-state index in [2.05, 4.69) is 13.8 Å². The zero-order chi connectivity index (χ0) is 10.1. The standard InChI is InChI=1S/C10H23NO2/c1-4-5-9(2)10(11)8-13-7-6-12-3/h9-10H,4-8,11H2,1-3H3. The van der Waals surface area contributed by atoms with Crippen LogP contribution < -0.4 is 5.73 Å². The van der Waals surface area contributed by atoms with E-state index >= 15 is 0 Å². The lowest BCUT2D eigenvalue weighted by Crippen LogP contribution is -2.33. The highest BCUT2D eigenvalue weighted by atomic mass is 16.5. The average molecular weight is 189 g/mol. The first-order valence-corrected chi connectivity index (χ1v) is 5.04. The van der Waals surface area contributed by atoms with Crippen molar-refractivity contribution >= 4 is 0 Å². The van der Waals surface area contributed by atoms with Gasteiger partial charge >= 0.3 is 0 Å². The molecule has 0 bridgehead atoms. The molecule has 0 heterocycles. The Labute approximate surface area is 81.6 Å². The van der Waals surface area contributed by atoms with Crippen molar-refractivity contribution in [3.63, 3.8) is 0 Å². The van der Waals surface area contributed by atoms with Gasteiger partial charge in [-0.1, -0.05) is 20.3 Å². The summed E-state index contributed by atoms with van der Waals surface area (Å²) in [5, 5.41) is 0. The van der Waals surface area contributed by atoms with E-state index in [1.165, 1.54) is 12.8 Å². The lowest BCUT2D eigenvalue weighted by molar-refractivity contribution is 0.0563. The summed E-state index contributed by atoms with van der Waals surface area (Å²) in [7, 11) is 1.67. The second-order valence-corrected chi connectivity index (χ2v) is 3.50. The minimum Gasteiger partial charge on any atom is -0.382 e. The lowest BCUT2D eigenvalue weighted by Gasteiger charge is -2.18. The molecule has 2 atom stereocenters. The molecule has 3 nitrogen and oxygen atoms in total. The quantitative estimate of drug-likeness (QED) is 0.587. The zero-order valence-corrected chi connectivity index (χ0v) is 9.08. The van der Waals surface area contributed by atoms with Gasteiger partial charge in [-0.15, -0.1) is 0 Å². The SMILES string of the molecule is CCCC(C)C(N)COCCOC. The molecule has 80 valence electrons. The molecule has 2 N–H and O–H groups in total. The van der Waals surface area contributed by atoms with Crippen LogP contribution in [0.3, 0.4) is 0 Å². The number of nitrogens with two attached hydrogens (primary N) is 1. The van der Waals surface area contributed by atoms with Crippen LogP contribution in [0, 0.1) is 5.92 Å². The predicted molar refractivity (Wildman–Crippen MR) is 54.7 cm³/mol. The highest BCUT2D eigenvalue weighted by Crippen LogP contribution is 2.08. The Hall–Kier alpha value is -0.120. The Balaban J connectivity index is 3.32. The van der Waals surface area contributed by atoms with E-state index < -0.39 is 0 Å². The molecule has 3 heteroatoms. The number of rotatable bonds is 8. The van der Waals surface area contributed by atoms with Gasteiger partial charge in [-0.2, -0.15) is 0 Å². The van der Waals surface area contributed by atoms with Crippen LogP contribution >= 0.6 is 0 Å². The van der Waals surface area contributed by atoms with Crippen molar-refractivity contribution in [1.29, 1.82) is 0 Å². The fraction of sp³-hybridized carbons (Fsp3) is 1.00. The van der Waals surface area contributed by atoms with Crippen LogP contribution in [0.5, 0.6) is 0 Å². The molecule has 0 amide bonds. The summed E-state index contributed by atoms with van der Waals surface area (Å²) in [6, 6.07) is 0.164. The normalized spacial score (nSPS) is 15.7. The Kier molecular flexibility index (Phi) is 8.40. The van der Waals surface area contributed by atoms with Crippen LogP contribution in [0.15, 0.2) is 0 Å². The number of hydrogen-bond acceptors (Lipinski definition) is 3. The van der Waals surface area contributed by atoms with E-state index in [0.29, 0.717) is 25.7 Å². The first-order chi connectivity index (χ1) is 6.22. The molecule has 0 radical (unpaired) electrons. The van der Waals surface area contributed by atoms with Gasteiger partial charge in [0, 0.05) is 13.2 Å². The fourth-order valence-corrected chi connectivity index (χ4v) is 1.20. The second kappa shape index (κ2) is 8.48. The summed E-state index contributed by atoms with van der Waals surface area (Å²) in [5.74, 6) is 0.549. The van der Waals surface area contributed by atoms with E-state index in [9.17, 15) is 0 Å². The van der Waals surface area contributed by atoms with Crippen molar-refractivity contribution in [2.45, 2.75) is 32.7 Å².